The Hall–Kier alpha value is -1.14. The minimum absolute atomic E-state index is 0.315. The Kier molecular flexibility index (Phi) is 3.47. The largest absolute Gasteiger partial charge is 0.454 e. The average molecular weight is 282 g/mol. The molecule has 0 bridgehead atoms. The molecule has 18 heavy (non-hydrogen) atoms. The van der Waals surface area contributed by atoms with Crippen molar-refractivity contribution in [1.82, 2.24) is 10.2 Å². The number of thioether (sulfide) groups is 1. The highest BCUT2D eigenvalue weighted by Crippen LogP contribution is 2.32. The van der Waals surface area contributed by atoms with Crippen LogP contribution < -0.4 is 14.8 Å². The molecule has 1 fully saturated rings. The molecule has 1 aromatic rings. The van der Waals surface area contributed by atoms with Crippen LogP contribution in [0.1, 0.15) is 5.56 Å². The maximum atomic E-state index is 5.36. The molecule has 1 N–H and O–H groups in total. The summed E-state index contributed by atoms with van der Waals surface area (Å²) in [6.45, 7) is 2.07. The lowest BCUT2D eigenvalue weighted by Crippen LogP contribution is -2.37. The molecule has 0 spiro atoms. The molecule has 0 atom stereocenters. The van der Waals surface area contributed by atoms with Gasteiger partial charge in [0.25, 0.3) is 0 Å². The summed E-state index contributed by atoms with van der Waals surface area (Å²) < 4.78 is 10.6. The molecular formula is C12H14N2O2S2. The van der Waals surface area contributed by atoms with Gasteiger partial charge in [-0.2, -0.15) is 0 Å². The molecule has 2 heterocycles. The summed E-state index contributed by atoms with van der Waals surface area (Å²) in [4.78, 5) is 2.19. The van der Waals surface area contributed by atoms with E-state index in [9.17, 15) is 0 Å². The lowest BCUT2D eigenvalue weighted by molar-refractivity contribution is 0.174. The Balaban J connectivity index is 1.58. The maximum Gasteiger partial charge on any atom is 0.231 e. The fourth-order valence-electron chi connectivity index (χ4n) is 1.91. The van der Waals surface area contributed by atoms with Gasteiger partial charge in [0.15, 0.2) is 16.6 Å². The van der Waals surface area contributed by atoms with Crippen molar-refractivity contribution in [3.63, 3.8) is 0 Å². The van der Waals surface area contributed by atoms with Crippen molar-refractivity contribution in [1.29, 1.82) is 0 Å². The van der Waals surface area contributed by atoms with Crippen LogP contribution in [0.2, 0.25) is 0 Å². The second-order valence-corrected chi connectivity index (χ2v) is 5.61. The molecule has 2 aliphatic heterocycles. The first-order valence-corrected chi connectivity index (χ1v) is 7.38. The maximum absolute atomic E-state index is 5.36. The van der Waals surface area contributed by atoms with Crippen molar-refractivity contribution in [2.45, 2.75) is 6.54 Å². The molecule has 0 aliphatic carbocycles. The molecule has 2 aliphatic rings. The molecular weight excluding hydrogens is 268 g/mol. The second kappa shape index (κ2) is 5.24. The number of hydrogen-bond acceptors (Lipinski definition) is 4. The molecule has 6 heteroatoms. The quantitative estimate of drug-likeness (QED) is 0.833. The predicted molar refractivity (Wildman–Crippen MR) is 76.0 cm³/mol. The summed E-state index contributed by atoms with van der Waals surface area (Å²) in [5.74, 6) is 3.79. The number of nitrogens with zero attached hydrogens (tertiary/aromatic N) is 1. The average Bonchev–Trinajstić information content (AvgIpc) is 3.05. The van der Waals surface area contributed by atoms with Crippen molar-refractivity contribution in [3.05, 3.63) is 23.8 Å². The predicted octanol–water partition coefficient (Wildman–Crippen LogP) is 1.80. The third-order valence-electron chi connectivity index (χ3n) is 2.92. The highest BCUT2D eigenvalue weighted by atomic mass is 32.2. The molecule has 96 valence electrons. The minimum atomic E-state index is 0.315. The zero-order chi connectivity index (χ0) is 12.4. The van der Waals surface area contributed by atoms with Crippen LogP contribution in [-0.2, 0) is 6.54 Å². The number of thiocarbonyl (C=S) groups is 1. The van der Waals surface area contributed by atoms with Gasteiger partial charge in [0.2, 0.25) is 6.79 Å². The summed E-state index contributed by atoms with van der Waals surface area (Å²) in [6.07, 6.45) is 0. The van der Waals surface area contributed by atoms with Crippen LogP contribution in [0, 0.1) is 0 Å². The molecule has 1 saturated heterocycles. The smallest absolute Gasteiger partial charge is 0.231 e. The fourth-order valence-corrected chi connectivity index (χ4v) is 3.18. The Morgan fingerprint density at radius 2 is 2.28 bits per heavy atom. The SMILES string of the molecule is S=C(NCc1ccc2c(c1)OCO2)N1CCSC1. The third-order valence-corrected chi connectivity index (χ3v) is 4.29. The number of rotatable bonds is 2. The van der Waals surface area contributed by atoms with Crippen molar-refractivity contribution < 1.29 is 9.47 Å². The summed E-state index contributed by atoms with van der Waals surface area (Å²) in [5.41, 5.74) is 1.15. The van der Waals surface area contributed by atoms with E-state index in [0.29, 0.717) is 6.79 Å². The molecule has 1 aromatic carbocycles. The Morgan fingerprint density at radius 3 is 3.11 bits per heavy atom. The van der Waals surface area contributed by atoms with E-state index < -0.39 is 0 Å². The summed E-state index contributed by atoms with van der Waals surface area (Å²) in [7, 11) is 0. The van der Waals surface area contributed by atoms with Crippen molar-refractivity contribution in [2.24, 2.45) is 0 Å². The number of fused-ring (bicyclic) bond motifs is 1. The van der Waals surface area contributed by atoms with E-state index in [1.165, 1.54) is 0 Å². The molecule has 3 rings (SSSR count). The van der Waals surface area contributed by atoms with Gasteiger partial charge in [0.05, 0.1) is 5.88 Å². The van der Waals surface area contributed by atoms with Gasteiger partial charge in [-0.05, 0) is 29.9 Å². The van der Waals surface area contributed by atoms with Gasteiger partial charge in [-0.15, -0.1) is 11.8 Å². The molecule has 0 radical (unpaired) electrons. The van der Waals surface area contributed by atoms with Crippen molar-refractivity contribution >= 4 is 29.1 Å². The topological polar surface area (TPSA) is 33.7 Å². The van der Waals surface area contributed by atoms with Gasteiger partial charge in [0.1, 0.15) is 0 Å². The van der Waals surface area contributed by atoms with E-state index >= 15 is 0 Å². The Labute approximate surface area is 116 Å². The van der Waals surface area contributed by atoms with Crippen LogP contribution in [0.4, 0.5) is 0 Å². The molecule has 0 amide bonds. The molecule has 4 nitrogen and oxygen atoms in total. The highest BCUT2D eigenvalue weighted by molar-refractivity contribution is 7.99. The monoisotopic (exact) mass is 282 g/mol. The third kappa shape index (κ3) is 2.49. The lowest BCUT2D eigenvalue weighted by Gasteiger charge is -2.18. The summed E-state index contributed by atoms with van der Waals surface area (Å²) in [6, 6.07) is 5.96. The first-order valence-electron chi connectivity index (χ1n) is 5.82. The van der Waals surface area contributed by atoms with Gasteiger partial charge < -0.3 is 19.7 Å². The number of nitrogens with one attached hydrogen (secondary N) is 1. The van der Waals surface area contributed by atoms with Crippen LogP contribution in [0.25, 0.3) is 0 Å². The van der Waals surface area contributed by atoms with E-state index in [4.69, 9.17) is 21.7 Å². The minimum Gasteiger partial charge on any atom is -0.454 e. The van der Waals surface area contributed by atoms with E-state index in [-0.39, 0.29) is 0 Å². The van der Waals surface area contributed by atoms with Gasteiger partial charge in [-0.25, -0.2) is 0 Å². The molecule has 0 saturated carbocycles. The lowest BCUT2D eigenvalue weighted by atomic mass is 10.2. The summed E-state index contributed by atoms with van der Waals surface area (Å²) in [5, 5.41) is 4.11. The van der Waals surface area contributed by atoms with E-state index in [1.54, 1.807) is 0 Å². The first-order chi connectivity index (χ1) is 8.83. The van der Waals surface area contributed by atoms with E-state index in [1.807, 2.05) is 30.0 Å². The highest BCUT2D eigenvalue weighted by Gasteiger charge is 2.16. The molecule has 0 unspecified atom stereocenters. The normalized spacial score (nSPS) is 17.0. The molecule has 0 aromatic heterocycles. The van der Waals surface area contributed by atoms with Crippen molar-refractivity contribution in [3.8, 4) is 11.5 Å². The van der Waals surface area contributed by atoms with Gasteiger partial charge >= 0.3 is 0 Å². The van der Waals surface area contributed by atoms with Gasteiger partial charge in [-0.3, -0.25) is 0 Å². The first kappa shape index (κ1) is 11.9. The number of benzene rings is 1. The van der Waals surface area contributed by atoms with Crippen LogP contribution in [0.5, 0.6) is 11.5 Å². The van der Waals surface area contributed by atoms with E-state index in [2.05, 4.69) is 10.2 Å². The fraction of sp³-hybridized carbons (Fsp3) is 0.417. The van der Waals surface area contributed by atoms with Gasteiger partial charge in [-0.1, -0.05) is 6.07 Å². The van der Waals surface area contributed by atoms with Crippen LogP contribution >= 0.6 is 24.0 Å². The van der Waals surface area contributed by atoms with Gasteiger partial charge in [0, 0.05) is 18.8 Å². The number of ether oxygens (including phenoxy) is 2. The van der Waals surface area contributed by atoms with Crippen LogP contribution in [-0.4, -0.2) is 35.0 Å². The summed E-state index contributed by atoms with van der Waals surface area (Å²) >= 11 is 7.27. The second-order valence-electron chi connectivity index (χ2n) is 4.15. The zero-order valence-electron chi connectivity index (χ0n) is 9.85. The van der Waals surface area contributed by atoms with E-state index in [0.717, 1.165) is 46.9 Å². The van der Waals surface area contributed by atoms with Crippen LogP contribution in [0.3, 0.4) is 0 Å². The van der Waals surface area contributed by atoms with Crippen molar-refractivity contribution in [2.75, 3.05) is 25.0 Å². The van der Waals surface area contributed by atoms with Crippen LogP contribution in [0.15, 0.2) is 18.2 Å². The Morgan fingerprint density at radius 1 is 1.39 bits per heavy atom. The Bertz CT molecular complexity index is 461. The zero-order valence-corrected chi connectivity index (χ0v) is 11.5. The number of hydrogen-bond donors (Lipinski definition) is 1. The standard InChI is InChI=1S/C12H14N2O2S2/c17-12(14-3-4-18-7-14)13-6-9-1-2-10-11(5-9)16-8-15-10/h1-2,5H,3-4,6-8H2,(H,13,17).